The summed E-state index contributed by atoms with van der Waals surface area (Å²) in [5, 5.41) is 0. The molecule has 1 aliphatic rings. The molecule has 2 rings (SSSR count). The van der Waals surface area contributed by atoms with Crippen molar-refractivity contribution < 1.29 is 0 Å². The summed E-state index contributed by atoms with van der Waals surface area (Å²) < 4.78 is 0. The molecule has 0 spiro atoms. The van der Waals surface area contributed by atoms with Crippen LogP contribution in [0.4, 0.5) is 0 Å². The van der Waals surface area contributed by atoms with E-state index in [1.165, 1.54) is 11.3 Å². The Morgan fingerprint density at radius 1 is 1.33 bits per heavy atom. The summed E-state index contributed by atoms with van der Waals surface area (Å²) >= 11 is 0. The molecule has 1 aliphatic carbocycles. The minimum atomic E-state index is 0.967. The van der Waals surface area contributed by atoms with Gasteiger partial charge in [-0.3, -0.25) is 0 Å². The van der Waals surface area contributed by atoms with E-state index < -0.39 is 0 Å². The lowest BCUT2D eigenvalue weighted by Crippen LogP contribution is -1.83. The number of aromatic nitrogens is 2. The van der Waals surface area contributed by atoms with Gasteiger partial charge in [-0.15, -0.1) is 0 Å². The molecule has 0 aliphatic heterocycles. The van der Waals surface area contributed by atoms with Crippen LogP contribution in [0.1, 0.15) is 24.1 Å². The molecule has 2 nitrogen and oxygen atoms in total. The van der Waals surface area contributed by atoms with Gasteiger partial charge in [0.15, 0.2) is 0 Å². The Morgan fingerprint density at radius 2 is 2.17 bits per heavy atom. The summed E-state index contributed by atoms with van der Waals surface area (Å²) in [4.78, 5) is 7.62. The zero-order valence-electron chi connectivity index (χ0n) is 7.39. The van der Waals surface area contributed by atoms with Gasteiger partial charge in [-0.1, -0.05) is 17.7 Å². The number of aromatic amines is 1. The maximum absolute atomic E-state index is 4.37. The van der Waals surface area contributed by atoms with Crippen LogP contribution in [-0.4, -0.2) is 9.97 Å². The average molecular weight is 160 g/mol. The van der Waals surface area contributed by atoms with Crippen molar-refractivity contribution in [1.82, 2.24) is 9.97 Å². The lowest BCUT2D eigenvalue weighted by molar-refractivity contribution is 1.09. The number of hydrogen-bond donors (Lipinski definition) is 1. The van der Waals surface area contributed by atoms with E-state index in [0.717, 1.165) is 17.9 Å². The fraction of sp³-hybridized carbons (Fsp3) is 0.300. The van der Waals surface area contributed by atoms with Gasteiger partial charge in [-0.05, 0) is 19.9 Å². The fourth-order valence-electron chi connectivity index (χ4n) is 1.39. The van der Waals surface area contributed by atoms with Crippen molar-refractivity contribution in [2.75, 3.05) is 0 Å². The number of hydrogen-bond acceptors (Lipinski definition) is 1. The molecule has 0 aromatic carbocycles. The van der Waals surface area contributed by atoms with Gasteiger partial charge in [-0.2, -0.15) is 0 Å². The molecule has 1 N–H and O–H groups in total. The van der Waals surface area contributed by atoms with Gasteiger partial charge in [0.2, 0.25) is 0 Å². The first-order chi connectivity index (χ1) is 5.75. The number of aryl methyl sites for hydroxylation is 1. The molecule has 0 saturated heterocycles. The van der Waals surface area contributed by atoms with Crippen LogP contribution >= 0.6 is 0 Å². The zero-order valence-corrected chi connectivity index (χ0v) is 7.39. The van der Waals surface area contributed by atoms with Crippen molar-refractivity contribution in [3.05, 3.63) is 34.9 Å². The second kappa shape index (κ2) is 2.63. The zero-order chi connectivity index (χ0) is 8.55. The van der Waals surface area contributed by atoms with Gasteiger partial charge in [0, 0.05) is 12.1 Å². The topological polar surface area (TPSA) is 28.7 Å². The van der Waals surface area contributed by atoms with Crippen LogP contribution in [0.2, 0.25) is 0 Å². The first-order valence-electron chi connectivity index (χ1n) is 4.16. The second-order valence-electron chi connectivity index (χ2n) is 3.17. The molecule has 62 valence electrons. The molecule has 12 heavy (non-hydrogen) atoms. The Hall–Kier alpha value is -1.31. The summed E-state index contributed by atoms with van der Waals surface area (Å²) in [6, 6.07) is 0. The van der Waals surface area contributed by atoms with E-state index in [0.29, 0.717) is 0 Å². The van der Waals surface area contributed by atoms with Crippen LogP contribution in [0, 0.1) is 6.92 Å². The normalized spacial score (nSPS) is 15.3. The Morgan fingerprint density at radius 3 is 3.00 bits per heavy atom. The summed E-state index contributed by atoms with van der Waals surface area (Å²) in [6.45, 7) is 4.09. The quantitative estimate of drug-likeness (QED) is 0.619. The van der Waals surface area contributed by atoms with Crippen LogP contribution in [0.15, 0.2) is 17.7 Å². The molecule has 0 radical (unpaired) electrons. The van der Waals surface area contributed by atoms with Crippen molar-refractivity contribution in [1.29, 1.82) is 0 Å². The standard InChI is InChI=1S/C10H12N2/c1-7-3-5-9-10(6-4-7)12-8(2)11-9/h3-5H,6H2,1-2H3,(H,11,12). The lowest BCUT2D eigenvalue weighted by atomic mass is 10.2. The van der Waals surface area contributed by atoms with Crippen molar-refractivity contribution in [2.24, 2.45) is 0 Å². The minimum absolute atomic E-state index is 0.967. The highest BCUT2D eigenvalue weighted by molar-refractivity contribution is 5.54. The number of fused-ring (bicyclic) bond motifs is 1. The first-order valence-corrected chi connectivity index (χ1v) is 4.16. The highest BCUT2D eigenvalue weighted by atomic mass is 14.9. The van der Waals surface area contributed by atoms with Gasteiger partial charge in [-0.25, -0.2) is 4.98 Å². The molecular weight excluding hydrogens is 148 g/mol. The summed E-state index contributed by atoms with van der Waals surface area (Å²) in [5.41, 5.74) is 3.61. The van der Waals surface area contributed by atoms with Crippen molar-refractivity contribution in [3.8, 4) is 0 Å². The molecule has 0 atom stereocenters. The summed E-state index contributed by atoms with van der Waals surface area (Å²) in [5.74, 6) is 0.998. The van der Waals surface area contributed by atoms with Crippen LogP contribution in [0.3, 0.4) is 0 Å². The largest absolute Gasteiger partial charge is 0.345 e. The number of rotatable bonds is 0. The molecular formula is C10H12N2. The molecule has 0 amide bonds. The van der Waals surface area contributed by atoms with E-state index in [1.807, 2.05) is 6.92 Å². The van der Waals surface area contributed by atoms with E-state index in [2.05, 4.69) is 35.1 Å². The van der Waals surface area contributed by atoms with Crippen molar-refractivity contribution >= 4 is 6.08 Å². The van der Waals surface area contributed by atoms with Gasteiger partial charge in [0.1, 0.15) is 5.82 Å². The van der Waals surface area contributed by atoms with Gasteiger partial charge < -0.3 is 4.98 Å². The molecule has 1 heterocycles. The van der Waals surface area contributed by atoms with Crippen LogP contribution in [-0.2, 0) is 6.42 Å². The Balaban J connectivity index is 2.46. The highest BCUT2D eigenvalue weighted by Crippen LogP contribution is 2.15. The number of H-pyrrole nitrogens is 1. The van der Waals surface area contributed by atoms with E-state index in [9.17, 15) is 0 Å². The Bertz CT molecular complexity index is 356. The lowest BCUT2D eigenvalue weighted by Gasteiger charge is -1.89. The fourth-order valence-corrected chi connectivity index (χ4v) is 1.39. The molecule has 2 heteroatoms. The van der Waals surface area contributed by atoms with E-state index in [-0.39, 0.29) is 0 Å². The van der Waals surface area contributed by atoms with Crippen molar-refractivity contribution in [3.63, 3.8) is 0 Å². The maximum atomic E-state index is 4.37. The molecule has 1 aromatic rings. The average Bonchev–Trinajstić information content (AvgIpc) is 2.31. The van der Waals surface area contributed by atoms with Crippen LogP contribution in [0.5, 0.6) is 0 Å². The Kier molecular flexibility index (Phi) is 1.61. The number of imidazole rings is 1. The number of nitrogens with zero attached hydrogens (tertiary/aromatic N) is 1. The third-order valence-electron chi connectivity index (χ3n) is 2.06. The SMILES string of the molecule is CC1=CCc2[nH]c(C)nc2C=C1. The molecule has 0 unspecified atom stereocenters. The van der Waals surface area contributed by atoms with Crippen molar-refractivity contribution in [2.45, 2.75) is 20.3 Å². The minimum Gasteiger partial charge on any atom is -0.345 e. The Labute approximate surface area is 72.0 Å². The van der Waals surface area contributed by atoms with E-state index in [1.54, 1.807) is 0 Å². The predicted octanol–water partition coefficient (Wildman–Crippen LogP) is 2.23. The first kappa shape index (κ1) is 7.35. The number of allylic oxidation sites excluding steroid dienone is 3. The third kappa shape index (κ3) is 1.20. The van der Waals surface area contributed by atoms with E-state index in [4.69, 9.17) is 0 Å². The van der Waals surface area contributed by atoms with Gasteiger partial charge in [0.05, 0.1) is 5.69 Å². The predicted molar refractivity (Wildman–Crippen MR) is 49.8 cm³/mol. The molecule has 0 bridgehead atoms. The third-order valence-corrected chi connectivity index (χ3v) is 2.06. The second-order valence-corrected chi connectivity index (χ2v) is 3.17. The molecule has 0 saturated carbocycles. The smallest absolute Gasteiger partial charge is 0.103 e. The van der Waals surface area contributed by atoms with E-state index >= 15 is 0 Å². The number of nitrogens with one attached hydrogen (secondary N) is 1. The highest BCUT2D eigenvalue weighted by Gasteiger charge is 2.05. The molecule has 1 aromatic heterocycles. The summed E-state index contributed by atoms with van der Waals surface area (Å²) in [6.07, 6.45) is 7.35. The van der Waals surface area contributed by atoms with Crippen LogP contribution in [0.25, 0.3) is 6.08 Å². The van der Waals surface area contributed by atoms with Gasteiger partial charge in [0.25, 0.3) is 0 Å². The summed E-state index contributed by atoms with van der Waals surface area (Å²) in [7, 11) is 0. The maximum Gasteiger partial charge on any atom is 0.103 e. The molecule has 0 fully saturated rings. The monoisotopic (exact) mass is 160 g/mol. The van der Waals surface area contributed by atoms with Gasteiger partial charge >= 0.3 is 0 Å². The van der Waals surface area contributed by atoms with Crippen LogP contribution < -0.4 is 0 Å².